The number of thiophene rings is 2. The maximum atomic E-state index is 13.1. The fourth-order valence-corrected chi connectivity index (χ4v) is 5.63. The van der Waals surface area contributed by atoms with E-state index in [4.69, 9.17) is 4.74 Å². The molecule has 0 aromatic carbocycles. The van der Waals surface area contributed by atoms with Crippen LogP contribution in [0.4, 0.5) is 0 Å². The first-order valence-corrected chi connectivity index (χ1v) is 11.2. The minimum Gasteiger partial charge on any atom is -0.377 e. The summed E-state index contributed by atoms with van der Waals surface area (Å²) in [5.74, 6) is 0.260. The van der Waals surface area contributed by atoms with Crippen molar-refractivity contribution in [1.82, 2.24) is 9.80 Å². The van der Waals surface area contributed by atoms with Crippen LogP contribution in [0.5, 0.6) is 0 Å². The van der Waals surface area contributed by atoms with E-state index in [1.54, 1.807) is 22.7 Å². The zero-order valence-corrected chi connectivity index (χ0v) is 16.6. The van der Waals surface area contributed by atoms with E-state index < -0.39 is 0 Å². The first-order valence-electron chi connectivity index (χ1n) is 9.49. The Labute approximate surface area is 163 Å². The lowest BCUT2D eigenvalue weighted by Crippen LogP contribution is -2.42. The van der Waals surface area contributed by atoms with E-state index in [1.807, 2.05) is 0 Å². The highest BCUT2D eigenvalue weighted by Gasteiger charge is 2.32. The summed E-state index contributed by atoms with van der Waals surface area (Å²) in [6.45, 7) is 3.91. The monoisotopic (exact) mass is 390 g/mol. The number of hydrogen-bond acceptors (Lipinski definition) is 5. The quantitative estimate of drug-likeness (QED) is 0.712. The summed E-state index contributed by atoms with van der Waals surface area (Å²) in [7, 11) is 0. The van der Waals surface area contributed by atoms with E-state index in [0.717, 1.165) is 51.9 Å². The SMILES string of the molecule is O=C(CN(Cc1cccs1)CC1CCCO1)N1CCCC1c1cccs1. The van der Waals surface area contributed by atoms with Crippen molar-refractivity contribution in [2.24, 2.45) is 0 Å². The summed E-state index contributed by atoms with van der Waals surface area (Å²) < 4.78 is 5.83. The van der Waals surface area contributed by atoms with Gasteiger partial charge < -0.3 is 9.64 Å². The van der Waals surface area contributed by atoms with E-state index in [2.05, 4.69) is 44.8 Å². The van der Waals surface area contributed by atoms with Gasteiger partial charge in [-0.15, -0.1) is 22.7 Å². The van der Waals surface area contributed by atoms with Crippen molar-refractivity contribution < 1.29 is 9.53 Å². The maximum Gasteiger partial charge on any atom is 0.237 e. The van der Waals surface area contributed by atoms with E-state index in [1.165, 1.54) is 9.75 Å². The van der Waals surface area contributed by atoms with Crippen LogP contribution in [-0.4, -0.2) is 48.1 Å². The molecule has 26 heavy (non-hydrogen) atoms. The molecular formula is C20H26N2O2S2. The summed E-state index contributed by atoms with van der Waals surface area (Å²) in [6.07, 6.45) is 4.71. The second-order valence-corrected chi connectivity index (χ2v) is 9.16. The van der Waals surface area contributed by atoms with Crippen molar-refractivity contribution >= 4 is 28.6 Å². The Morgan fingerprint density at radius 3 is 2.81 bits per heavy atom. The minimum atomic E-state index is 0.260. The highest BCUT2D eigenvalue weighted by molar-refractivity contribution is 7.10. The normalized spacial score (nSPS) is 23.2. The van der Waals surface area contributed by atoms with Crippen molar-refractivity contribution in [3.63, 3.8) is 0 Å². The van der Waals surface area contributed by atoms with Gasteiger partial charge in [0.25, 0.3) is 0 Å². The van der Waals surface area contributed by atoms with Gasteiger partial charge in [-0.1, -0.05) is 12.1 Å². The number of carbonyl (C=O) groups is 1. The molecule has 2 aliphatic heterocycles. The number of ether oxygens (including phenoxy) is 1. The van der Waals surface area contributed by atoms with Gasteiger partial charge >= 0.3 is 0 Å². The molecule has 4 rings (SSSR count). The third kappa shape index (κ3) is 4.36. The zero-order valence-electron chi connectivity index (χ0n) is 15.0. The molecule has 2 saturated heterocycles. The number of nitrogens with zero attached hydrogens (tertiary/aromatic N) is 2. The second kappa shape index (κ2) is 8.65. The molecule has 0 radical (unpaired) electrons. The molecular weight excluding hydrogens is 364 g/mol. The lowest BCUT2D eigenvalue weighted by molar-refractivity contribution is -0.133. The van der Waals surface area contributed by atoms with E-state index in [0.29, 0.717) is 6.54 Å². The Hall–Kier alpha value is -1.21. The number of likely N-dealkylation sites (tertiary alicyclic amines) is 1. The van der Waals surface area contributed by atoms with Gasteiger partial charge in [0.2, 0.25) is 5.91 Å². The zero-order chi connectivity index (χ0) is 17.8. The largest absolute Gasteiger partial charge is 0.377 e. The summed E-state index contributed by atoms with van der Waals surface area (Å²) in [6, 6.07) is 8.76. The average Bonchev–Trinajstić information content (AvgIpc) is 3.40. The molecule has 2 aromatic rings. The number of rotatable bonds is 7. The summed E-state index contributed by atoms with van der Waals surface area (Å²) >= 11 is 3.53. The van der Waals surface area contributed by atoms with Crippen molar-refractivity contribution in [2.45, 2.75) is 44.4 Å². The van der Waals surface area contributed by atoms with Crippen LogP contribution in [0, 0.1) is 0 Å². The van der Waals surface area contributed by atoms with Crippen molar-refractivity contribution in [1.29, 1.82) is 0 Å². The summed E-state index contributed by atoms with van der Waals surface area (Å²) in [5.41, 5.74) is 0. The van der Waals surface area contributed by atoms with E-state index in [-0.39, 0.29) is 18.1 Å². The van der Waals surface area contributed by atoms with Crippen LogP contribution in [0.2, 0.25) is 0 Å². The van der Waals surface area contributed by atoms with Crippen molar-refractivity contribution in [2.75, 3.05) is 26.2 Å². The standard InChI is InChI=1S/C20H26N2O2S2/c23-20(22-9-1-7-18(22)19-8-4-12-26-19)15-21(13-16-5-2-10-24-16)14-17-6-3-11-25-17/h3-4,6,8,11-12,16,18H,1-2,5,7,9-10,13-15H2. The molecule has 2 atom stereocenters. The van der Waals surface area contributed by atoms with Gasteiger partial charge in [0.05, 0.1) is 18.7 Å². The molecule has 4 nitrogen and oxygen atoms in total. The molecule has 4 heterocycles. The highest BCUT2D eigenvalue weighted by Crippen LogP contribution is 2.34. The topological polar surface area (TPSA) is 32.8 Å². The van der Waals surface area contributed by atoms with Crippen LogP contribution in [0.1, 0.15) is 41.5 Å². The van der Waals surface area contributed by atoms with Crippen LogP contribution < -0.4 is 0 Å². The predicted molar refractivity (Wildman–Crippen MR) is 107 cm³/mol. The van der Waals surface area contributed by atoms with Crippen LogP contribution >= 0.6 is 22.7 Å². The Bertz CT molecular complexity index is 681. The van der Waals surface area contributed by atoms with Gasteiger partial charge in [-0.05, 0) is 48.6 Å². The highest BCUT2D eigenvalue weighted by atomic mass is 32.1. The molecule has 0 aliphatic carbocycles. The minimum absolute atomic E-state index is 0.260. The molecule has 1 amide bonds. The van der Waals surface area contributed by atoms with Gasteiger partial charge in [-0.2, -0.15) is 0 Å². The smallest absolute Gasteiger partial charge is 0.237 e. The van der Waals surface area contributed by atoms with Crippen LogP contribution in [-0.2, 0) is 16.1 Å². The first kappa shape index (κ1) is 18.2. The van der Waals surface area contributed by atoms with Gasteiger partial charge in [-0.25, -0.2) is 0 Å². The summed E-state index contributed by atoms with van der Waals surface area (Å²) in [4.78, 5) is 20.1. The van der Waals surface area contributed by atoms with E-state index >= 15 is 0 Å². The van der Waals surface area contributed by atoms with Gasteiger partial charge in [0.15, 0.2) is 0 Å². The molecule has 140 valence electrons. The molecule has 2 unspecified atom stereocenters. The molecule has 0 spiro atoms. The molecule has 2 aliphatic rings. The summed E-state index contributed by atoms with van der Waals surface area (Å²) in [5, 5.41) is 4.21. The second-order valence-electron chi connectivity index (χ2n) is 7.14. The third-order valence-electron chi connectivity index (χ3n) is 5.25. The number of carbonyl (C=O) groups excluding carboxylic acids is 1. The third-order valence-corrected chi connectivity index (χ3v) is 7.08. The lowest BCUT2D eigenvalue weighted by atomic mass is 10.2. The molecule has 0 bridgehead atoms. The lowest BCUT2D eigenvalue weighted by Gasteiger charge is -2.29. The average molecular weight is 391 g/mol. The Morgan fingerprint density at radius 1 is 1.19 bits per heavy atom. The van der Waals surface area contributed by atoms with Crippen molar-refractivity contribution in [3.8, 4) is 0 Å². The molecule has 2 fully saturated rings. The number of hydrogen-bond donors (Lipinski definition) is 0. The van der Waals surface area contributed by atoms with Gasteiger partial charge in [0, 0.05) is 36.0 Å². The van der Waals surface area contributed by atoms with Gasteiger partial charge in [-0.3, -0.25) is 9.69 Å². The molecule has 0 N–H and O–H groups in total. The molecule has 6 heteroatoms. The maximum absolute atomic E-state index is 13.1. The van der Waals surface area contributed by atoms with Gasteiger partial charge in [0.1, 0.15) is 0 Å². The molecule has 0 saturated carbocycles. The number of amides is 1. The van der Waals surface area contributed by atoms with Crippen LogP contribution in [0.3, 0.4) is 0 Å². The Morgan fingerprint density at radius 2 is 2.08 bits per heavy atom. The van der Waals surface area contributed by atoms with E-state index in [9.17, 15) is 4.79 Å². The van der Waals surface area contributed by atoms with Crippen LogP contribution in [0.15, 0.2) is 35.0 Å². The predicted octanol–water partition coefficient (Wildman–Crippen LogP) is 4.15. The van der Waals surface area contributed by atoms with Crippen LogP contribution in [0.25, 0.3) is 0 Å². The fraction of sp³-hybridized carbons (Fsp3) is 0.550. The Kier molecular flexibility index (Phi) is 6.05. The fourth-order valence-electron chi connectivity index (χ4n) is 4.01. The molecule has 2 aromatic heterocycles. The Balaban J connectivity index is 1.42. The van der Waals surface area contributed by atoms with Crippen molar-refractivity contribution in [3.05, 3.63) is 44.8 Å². The first-order chi connectivity index (χ1) is 12.8.